The molecule has 0 unspecified atom stereocenters. The van der Waals surface area contributed by atoms with Gasteiger partial charge in [0.1, 0.15) is 0 Å². The summed E-state index contributed by atoms with van der Waals surface area (Å²) in [6.07, 6.45) is 4.57. The van der Waals surface area contributed by atoms with Gasteiger partial charge in [-0.1, -0.05) is 42.8 Å². The average Bonchev–Trinajstić information content (AvgIpc) is 2.72. The van der Waals surface area contributed by atoms with Crippen molar-refractivity contribution in [3.8, 4) is 0 Å². The number of aryl methyl sites for hydroxylation is 2. The number of nitrogens with zero attached hydrogens (tertiary/aromatic N) is 1. The van der Waals surface area contributed by atoms with Crippen LogP contribution in [0.5, 0.6) is 0 Å². The number of benzene rings is 2. The Morgan fingerprint density at radius 2 is 1.75 bits per heavy atom. The molecule has 1 saturated heterocycles. The van der Waals surface area contributed by atoms with Crippen molar-refractivity contribution in [1.29, 1.82) is 0 Å². The maximum Gasteiger partial charge on any atom is 0.251 e. The molecule has 28 heavy (non-hydrogen) atoms. The Morgan fingerprint density at radius 1 is 1.04 bits per heavy atom. The number of piperidine rings is 1. The number of hydrogen-bond donors (Lipinski definition) is 1. The van der Waals surface area contributed by atoms with Gasteiger partial charge in [0.2, 0.25) is 10.0 Å². The summed E-state index contributed by atoms with van der Waals surface area (Å²) in [6.45, 7) is 3.43. The Bertz CT molecular complexity index is 905. The predicted molar refractivity (Wildman–Crippen MR) is 111 cm³/mol. The van der Waals surface area contributed by atoms with E-state index in [1.165, 1.54) is 11.6 Å². The highest BCUT2D eigenvalue weighted by Crippen LogP contribution is 2.24. The number of rotatable bonds is 7. The molecule has 5 nitrogen and oxygen atoms in total. The Balaban J connectivity index is 1.64. The first-order valence-corrected chi connectivity index (χ1v) is 11.4. The lowest BCUT2D eigenvalue weighted by Gasteiger charge is -2.26. The summed E-state index contributed by atoms with van der Waals surface area (Å²) < 4.78 is 27.5. The zero-order valence-corrected chi connectivity index (χ0v) is 17.2. The summed E-state index contributed by atoms with van der Waals surface area (Å²) in [5.74, 6) is -0.233. The van der Waals surface area contributed by atoms with Crippen LogP contribution in [0.1, 0.15) is 47.2 Å². The molecule has 0 spiro atoms. The van der Waals surface area contributed by atoms with Gasteiger partial charge in [-0.3, -0.25) is 4.79 Å². The molecule has 3 rings (SSSR count). The Kier molecular flexibility index (Phi) is 6.86. The average molecular weight is 401 g/mol. The molecule has 1 fully saturated rings. The topological polar surface area (TPSA) is 66.5 Å². The molecular weight excluding hydrogens is 372 g/mol. The second-order valence-corrected chi connectivity index (χ2v) is 9.20. The summed E-state index contributed by atoms with van der Waals surface area (Å²) in [5.41, 5.74) is 2.30. The SMILES string of the molecule is Cc1ccc(C(=O)NCCCc2ccccc2)cc1S(=O)(=O)N1CCCCC1. The van der Waals surface area contributed by atoms with Gasteiger partial charge in [-0.2, -0.15) is 4.31 Å². The van der Waals surface area contributed by atoms with Crippen molar-refractivity contribution in [3.63, 3.8) is 0 Å². The van der Waals surface area contributed by atoms with E-state index in [1.807, 2.05) is 18.2 Å². The quantitative estimate of drug-likeness (QED) is 0.723. The number of carbonyl (C=O) groups excluding carboxylic acids is 1. The number of carbonyl (C=O) groups is 1. The summed E-state index contributed by atoms with van der Waals surface area (Å²) in [5, 5.41) is 2.90. The summed E-state index contributed by atoms with van der Waals surface area (Å²) in [6, 6.07) is 15.1. The van der Waals surface area contributed by atoms with Crippen LogP contribution in [0.3, 0.4) is 0 Å². The first kappa shape index (κ1) is 20.6. The Labute approximate surface area is 167 Å². The van der Waals surface area contributed by atoms with E-state index in [-0.39, 0.29) is 10.8 Å². The maximum atomic E-state index is 13.0. The Hall–Kier alpha value is -2.18. The molecule has 2 aromatic carbocycles. The number of amides is 1. The monoisotopic (exact) mass is 400 g/mol. The number of hydrogen-bond acceptors (Lipinski definition) is 3. The third kappa shape index (κ3) is 5.00. The van der Waals surface area contributed by atoms with Crippen molar-refractivity contribution in [2.24, 2.45) is 0 Å². The summed E-state index contributed by atoms with van der Waals surface area (Å²) in [4.78, 5) is 12.7. The smallest absolute Gasteiger partial charge is 0.251 e. The van der Waals surface area contributed by atoms with E-state index in [0.29, 0.717) is 30.8 Å². The first-order chi connectivity index (χ1) is 13.5. The van der Waals surface area contributed by atoms with Crippen LogP contribution >= 0.6 is 0 Å². The van der Waals surface area contributed by atoms with Crippen LogP contribution in [0, 0.1) is 6.92 Å². The molecule has 1 N–H and O–H groups in total. The van der Waals surface area contributed by atoms with Gasteiger partial charge < -0.3 is 5.32 Å². The highest BCUT2D eigenvalue weighted by molar-refractivity contribution is 7.89. The van der Waals surface area contributed by atoms with Crippen molar-refractivity contribution in [1.82, 2.24) is 9.62 Å². The number of nitrogens with one attached hydrogen (secondary N) is 1. The van der Waals surface area contributed by atoms with Gasteiger partial charge in [-0.25, -0.2) is 8.42 Å². The fourth-order valence-electron chi connectivity index (χ4n) is 3.50. The van der Waals surface area contributed by atoms with E-state index in [1.54, 1.807) is 23.4 Å². The van der Waals surface area contributed by atoms with E-state index in [4.69, 9.17) is 0 Å². The molecule has 2 aromatic rings. The third-order valence-electron chi connectivity index (χ3n) is 5.15. The van der Waals surface area contributed by atoms with E-state index >= 15 is 0 Å². The lowest BCUT2D eigenvalue weighted by molar-refractivity contribution is 0.0953. The van der Waals surface area contributed by atoms with E-state index in [2.05, 4.69) is 17.4 Å². The normalized spacial score (nSPS) is 15.3. The highest BCUT2D eigenvalue weighted by atomic mass is 32.2. The molecule has 0 saturated carbocycles. The predicted octanol–water partition coefficient (Wildman–Crippen LogP) is 3.53. The van der Waals surface area contributed by atoms with Gasteiger partial charge in [0.05, 0.1) is 4.90 Å². The summed E-state index contributed by atoms with van der Waals surface area (Å²) in [7, 11) is -3.56. The summed E-state index contributed by atoms with van der Waals surface area (Å²) >= 11 is 0. The molecule has 0 aliphatic carbocycles. The van der Waals surface area contributed by atoms with Crippen molar-refractivity contribution in [2.75, 3.05) is 19.6 Å². The van der Waals surface area contributed by atoms with Gasteiger partial charge in [0.25, 0.3) is 5.91 Å². The molecule has 0 atom stereocenters. The molecule has 1 aliphatic heterocycles. The second kappa shape index (κ2) is 9.34. The highest BCUT2D eigenvalue weighted by Gasteiger charge is 2.28. The molecule has 1 aliphatic rings. The van der Waals surface area contributed by atoms with Gasteiger partial charge in [0.15, 0.2) is 0 Å². The van der Waals surface area contributed by atoms with Crippen LogP contribution < -0.4 is 5.32 Å². The van der Waals surface area contributed by atoms with Gasteiger partial charge in [-0.15, -0.1) is 0 Å². The minimum absolute atomic E-state index is 0.233. The van der Waals surface area contributed by atoms with Crippen LogP contribution in [-0.4, -0.2) is 38.3 Å². The number of sulfonamides is 1. The molecular formula is C22H28N2O3S. The van der Waals surface area contributed by atoms with Crippen LogP contribution in [0.25, 0.3) is 0 Å². The van der Waals surface area contributed by atoms with E-state index < -0.39 is 10.0 Å². The van der Waals surface area contributed by atoms with E-state index in [0.717, 1.165) is 32.1 Å². The fourth-order valence-corrected chi connectivity index (χ4v) is 5.27. The minimum atomic E-state index is -3.56. The van der Waals surface area contributed by atoms with E-state index in [9.17, 15) is 13.2 Å². The minimum Gasteiger partial charge on any atom is -0.352 e. The molecule has 0 aromatic heterocycles. The molecule has 1 amide bonds. The van der Waals surface area contributed by atoms with Crippen molar-refractivity contribution in [2.45, 2.75) is 43.9 Å². The van der Waals surface area contributed by atoms with Crippen LogP contribution in [0.4, 0.5) is 0 Å². The largest absolute Gasteiger partial charge is 0.352 e. The zero-order valence-electron chi connectivity index (χ0n) is 16.4. The van der Waals surface area contributed by atoms with Crippen molar-refractivity contribution in [3.05, 3.63) is 65.2 Å². The third-order valence-corrected chi connectivity index (χ3v) is 7.19. The molecule has 6 heteroatoms. The van der Waals surface area contributed by atoms with Gasteiger partial charge in [-0.05, 0) is 55.9 Å². The standard InChI is InChI=1S/C22H28N2O3S/c1-18-12-13-20(17-21(18)28(26,27)24-15-6-3-7-16-24)22(25)23-14-8-11-19-9-4-2-5-10-19/h2,4-5,9-10,12-13,17H,3,6-8,11,14-16H2,1H3,(H,23,25). The molecule has 150 valence electrons. The van der Waals surface area contributed by atoms with Crippen LogP contribution in [0.15, 0.2) is 53.4 Å². The molecule has 0 bridgehead atoms. The van der Waals surface area contributed by atoms with Crippen LogP contribution in [0.2, 0.25) is 0 Å². The zero-order chi connectivity index (χ0) is 20.0. The molecule has 0 radical (unpaired) electrons. The first-order valence-electron chi connectivity index (χ1n) is 9.91. The van der Waals surface area contributed by atoms with Gasteiger partial charge >= 0.3 is 0 Å². The van der Waals surface area contributed by atoms with Crippen molar-refractivity contribution < 1.29 is 13.2 Å². The second-order valence-electron chi connectivity index (χ2n) is 7.29. The van der Waals surface area contributed by atoms with Crippen LogP contribution in [-0.2, 0) is 16.4 Å². The lowest BCUT2D eigenvalue weighted by Crippen LogP contribution is -2.36. The lowest BCUT2D eigenvalue weighted by atomic mass is 10.1. The fraction of sp³-hybridized carbons (Fsp3) is 0.409. The Morgan fingerprint density at radius 3 is 2.46 bits per heavy atom. The van der Waals surface area contributed by atoms with Gasteiger partial charge in [0, 0.05) is 25.2 Å². The van der Waals surface area contributed by atoms with Crippen molar-refractivity contribution >= 4 is 15.9 Å². The maximum absolute atomic E-state index is 13.0. The molecule has 1 heterocycles.